The molecule has 0 aliphatic heterocycles. The van der Waals surface area contributed by atoms with E-state index in [1.54, 1.807) is 31.2 Å². The van der Waals surface area contributed by atoms with Crippen molar-refractivity contribution in [2.24, 2.45) is 0 Å². The number of carbonyl (C=O) groups excluding carboxylic acids is 2. The van der Waals surface area contributed by atoms with E-state index in [0.717, 1.165) is 11.3 Å². The van der Waals surface area contributed by atoms with Gasteiger partial charge >= 0.3 is 5.97 Å². The predicted molar refractivity (Wildman–Crippen MR) is 112 cm³/mol. The largest absolute Gasteiger partial charge is 0.462 e. The third-order valence-corrected chi connectivity index (χ3v) is 4.32. The van der Waals surface area contributed by atoms with E-state index in [-0.39, 0.29) is 17.9 Å². The standard InChI is InChI=1S/C22H22N4O3/c1-4-29-21(28)17-7-5-6-8-18(17)25-20(27)19-11-12-23-22(26-19)24-16-10-9-14(2)15(3)13-16/h5-13H,4H2,1-3H3,(H,25,27)(H,23,24,26). The van der Waals surface area contributed by atoms with Gasteiger partial charge in [0.05, 0.1) is 17.9 Å². The van der Waals surface area contributed by atoms with Gasteiger partial charge in [0, 0.05) is 11.9 Å². The van der Waals surface area contributed by atoms with E-state index in [1.807, 2.05) is 32.0 Å². The molecule has 0 spiro atoms. The molecule has 148 valence electrons. The zero-order valence-corrected chi connectivity index (χ0v) is 16.5. The maximum Gasteiger partial charge on any atom is 0.340 e. The highest BCUT2D eigenvalue weighted by molar-refractivity contribution is 6.07. The number of esters is 1. The Morgan fingerprint density at radius 2 is 1.83 bits per heavy atom. The second-order valence-corrected chi connectivity index (χ2v) is 6.41. The fraction of sp³-hybridized carbons (Fsp3) is 0.182. The van der Waals surface area contributed by atoms with Crippen molar-refractivity contribution >= 4 is 29.2 Å². The van der Waals surface area contributed by atoms with Gasteiger partial charge in [-0.25, -0.2) is 14.8 Å². The molecule has 0 unspecified atom stereocenters. The molecule has 2 N–H and O–H groups in total. The molecule has 7 heteroatoms. The lowest BCUT2D eigenvalue weighted by atomic mass is 10.1. The summed E-state index contributed by atoms with van der Waals surface area (Å²) < 4.78 is 5.03. The molecule has 29 heavy (non-hydrogen) atoms. The van der Waals surface area contributed by atoms with Crippen molar-refractivity contribution in [3.63, 3.8) is 0 Å². The summed E-state index contributed by atoms with van der Waals surface area (Å²) in [6.45, 7) is 6.03. The van der Waals surface area contributed by atoms with Crippen LogP contribution in [0.15, 0.2) is 54.7 Å². The van der Waals surface area contributed by atoms with Crippen molar-refractivity contribution in [1.82, 2.24) is 9.97 Å². The lowest BCUT2D eigenvalue weighted by molar-refractivity contribution is 0.0527. The smallest absolute Gasteiger partial charge is 0.340 e. The van der Waals surface area contributed by atoms with E-state index in [0.29, 0.717) is 11.6 Å². The van der Waals surface area contributed by atoms with Gasteiger partial charge in [-0.2, -0.15) is 0 Å². The van der Waals surface area contributed by atoms with Crippen LogP contribution in [0.4, 0.5) is 17.3 Å². The Balaban J connectivity index is 1.78. The molecule has 0 aliphatic rings. The Morgan fingerprint density at radius 3 is 2.59 bits per heavy atom. The summed E-state index contributed by atoms with van der Waals surface area (Å²) in [6.07, 6.45) is 1.50. The van der Waals surface area contributed by atoms with Crippen molar-refractivity contribution in [1.29, 1.82) is 0 Å². The zero-order chi connectivity index (χ0) is 20.8. The molecule has 7 nitrogen and oxygen atoms in total. The Labute approximate surface area is 169 Å². The van der Waals surface area contributed by atoms with Gasteiger partial charge < -0.3 is 15.4 Å². The Bertz CT molecular complexity index is 1050. The summed E-state index contributed by atoms with van der Waals surface area (Å²) in [4.78, 5) is 33.2. The van der Waals surface area contributed by atoms with Crippen molar-refractivity contribution in [2.45, 2.75) is 20.8 Å². The summed E-state index contributed by atoms with van der Waals surface area (Å²) in [7, 11) is 0. The number of hydrogen-bond acceptors (Lipinski definition) is 6. The van der Waals surface area contributed by atoms with E-state index < -0.39 is 11.9 Å². The minimum atomic E-state index is -0.497. The molecule has 0 saturated carbocycles. The van der Waals surface area contributed by atoms with Crippen LogP contribution >= 0.6 is 0 Å². The van der Waals surface area contributed by atoms with E-state index in [2.05, 4.69) is 20.6 Å². The fourth-order valence-electron chi connectivity index (χ4n) is 2.66. The van der Waals surface area contributed by atoms with E-state index in [4.69, 9.17) is 4.74 Å². The third kappa shape index (κ3) is 4.95. The number of aryl methyl sites for hydroxylation is 2. The van der Waals surface area contributed by atoms with Crippen molar-refractivity contribution in [3.05, 3.63) is 77.1 Å². The Kier molecular flexibility index (Phi) is 6.19. The van der Waals surface area contributed by atoms with Gasteiger partial charge in [-0.1, -0.05) is 18.2 Å². The molecule has 3 aromatic rings. The van der Waals surface area contributed by atoms with Crippen molar-refractivity contribution in [3.8, 4) is 0 Å². The average molecular weight is 390 g/mol. The van der Waals surface area contributed by atoms with Crippen LogP contribution in [0.3, 0.4) is 0 Å². The Hall–Kier alpha value is -3.74. The average Bonchev–Trinajstić information content (AvgIpc) is 2.71. The summed E-state index contributed by atoms with van der Waals surface area (Å²) in [5.41, 5.74) is 3.97. The highest BCUT2D eigenvalue weighted by Crippen LogP contribution is 2.19. The minimum Gasteiger partial charge on any atom is -0.462 e. The molecular weight excluding hydrogens is 368 g/mol. The Morgan fingerprint density at radius 1 is 1.03 bits per heavy atom. The summed E-state index contributed by atoms with van der Waals surface area (Å²) >= 11 is 0. The lowest BCUT2D eigenvalue weighted by Gasteiger charge is -2.11. The van der Waals surface area contributed by atoms with Crippen LogP contribution in [0.2, 0.25) is 0 Å². The summed E-state index contributed by atoms with van der Waals surface area (Å²) in [5, 5.41) is 5.82. The molecule has 0 bridgehead atoms. The SMILES string of the molecule is CCOC(=O)c1ccccc1NC(=O)c1ccnc(Nc2ccc(C)c(C)c2)n1. The number of rotatable bonds is 6. The molecule has 3 rings (SSSR count). The number of para-hydroxylation sites is 1. The first-order chi connectivity index (χ1) is 14.0. The molecular formula is C22H22N4O3. The molecule has 0 fully saturated rings. The van der Waals surface area contributed by atoms with Gasteiger partial charge in [-0.15, -0.1) is 0 Å². The highest BCUT2D eigenvalue weighted by Gasteiger charge is 2.16. The van der Waals surface area contributed by atoms with Crippen LogP contribution in [-0.2, 0) is 4.74 Å². The van der Waals surface area contributed by atoms with E-state index in [9.17, 15) is 9.59 Å². The van der Waals surface area contributed by atoms with Gasteiger partial charge in [-0.3, -0.25) is 4.79 Å². The van der Waals surface area contributed by atoms with Crippen LogP contribution < -0.4 is 10.6 Å². The highest BCUT2D eigenvalue weighted by atomic mass is 16.5. The van der Waals surface area contributed by atoms with Crippen LogP contribution in [0.5, 0.6) is 0 Å². The zero-order valence-electron chi connectivity index (χ0n) is 16.5. The van der Waals surface area contributed by atoms with Crippen LogP contribution in [0, 0.1) is 13.8 Å². The van der Waals surface area contributed by atoms with E-state index >= 15 is 0 Å². The molecule has 2 aromatic carbocycles. The first-order valence-corrected chi connectivity index (χ1v) is 9.22. The second kappa shape index (κ2) is 8.97. The summed E-state index contributed by atoms with van der Waals surface area (Å²) in [6, 6.07) is 14.1. The van der Waals surface area contributed by atoms with Crippen molar-refractivity contribution in [2.75, 3.05) is 17.2 Å². The number of benzene rings is 2. The molecule has 0 aliphatic carbocycles. The van der Waals surface area contributed by atoms with Crippen LogP contribution in [0.1, 0.15) is 38.9 Å². The van der Waals surface area contributed by atoms with Gasteiger partial charge in [0.15, 0.2) is 0 Å². The fourth-order valence-corrected chi connectivity index (χ4v) is 2.66. The molecule has 1 amide bonds. The number of hydrogen-bond donors (Lipinski definition) is 2. The lowest BCUT2D eigenvalue weighted by Crippen LogP contribution is -2.17. The number of nitrogens with zero attached hydrogens (tertiary/aromatic N) is 2. The molecule has 0 radical (unpaired) electrons. The van der Waals surface area contributed by atoms with Gasteiger partial charge in [-0.05, 0) is 62.2 Å². The second-order valence-electron chi connectivity index (χ2n) is 6.41. The molecule has 0 atom stereocenters. The van der Waals surface area contributed by atoms with Crippen LogP contribution in [-0.4, -0.2) is 28.5 Å². The number of carbonyl (C=O) groups is 2. The van der Waals surface area contributed by atoms with Crippen LogP contribution in [0.25, 0.3) is 0 Å². The molecule has 0 saturated heterocycles. The normalized spacial score (nSPS) is 10.3. The van der Waals surface area contributed by atoms with Gasteiger partial charge in [0.1, 0.15) is 5.69 Å². The number of amides is 1. The third-order valence-electron chi connectivity index (χ3n) is 4.32. The van der Waals surface area contributed by atoms with Crippen molar-refractivity contribution < 1.29 is 14.3 Å². The topological polar surface area (TPSA) is 93.2 Å². The predicted octanol–water partition coefficient (Wildman–Crippen LogP) is 4.27. The quantitative estimate of drug-likeness (QED) is 0.611. The van der Waals surface area contributed by atoms with Gasteiger partial charge in [0.25, 0.3) is 5.91 Å². The maximum atomic E-state index is 12.7. The van der Waals surface area contributed by atoms with E-state index in [1.165, 1.54) is 17.8 Å². The minimum absolute atomic E-state index is 0.171. The number of ether oxygens (including phenoxy) is 1. The summed E-state index contributed by atoms with van der Waals surface area (Å²) in [5.74, 6) is -0.643. The first-order valence-electron chi connectivity index (χ1n) is 9.22. The molecule has 1 aromatic heterocycles. The first kappa shape index (κ1) is 20.0. The maximum absolute atomic E-state index is 12.7. The molecule has 1 heterocycles. The number of aromatic nitrogens is 2. The number of anilines is 3. The number of nitrogens with one attached hydrogen (secondary N) is 2. The monoisotopic (exact) mass is 390 g/mol. The van der Waals surface area contributed by atoms with Gasteiger partial charge in [0.2, 0.25) is 5.95 Å².